The van der Waals surface area contributed by atoms with Crippen molar-refractivity contribution in [2.45, 2.75) is 6.92 Å². The molecule has 0 aliphatic carbocycles. The molecule has 1 amide bonds. The van der Waals surface area contributed by atoms with Crippen LogP contribution in [-0.2, 0) is 0 Å². The number of hydrazone groups is 1. The van der Waals surface area contributed by atoms with E-state index in [0.717, 1.165) is 4.47 Å². The molecule has 0 saturated heterocycles. The molecule has 4 nitrogen and oxygen atoms in total. The molecule has 0 bridgehead atoms. The Morgan fingerprint density at radius 2 is 2.00 bits per heavy atom. The molecule has 0 saturated carbocycles. The van der Waals surface area contributed by atoms with E-state index in [2.05, 4.69) is 26.5 Å². The number of phenolic OH excluding ortho intramolecular Hbond substituents is 1. The number of hydrogen-bond acceptors (Lipinski definition) is 3. The smallest absolute Gasteiger partial charge is 0.271 e. The van der Waals surface area contributed by atoms with Gasteiger partial charge in [-0.05, 0) is 48.9 Å². The number of carbonyl (C=O) groups is 1. The zero-order valence-electron chi connectivity index (χ0n) is 11.1. The Morgan fingerprint density at radius 1 is 1.33 bits per heavy atom. The van der Waals surface area contributed by atoms with Gasteiger partial charge in [-0.3, -0.25) is 4.79 Å². The fourth-order valence-corrected chi connectivity index (χ4v) is 2.28. The fourth-order valence-electron chi connectivity index (χ4n) is 1.69. The van der Waals surface area contributed by atoms with E-state index in [0.29, 0.717) is 16.7 Å². The van der Waals surface area contributed by atoms with Gasteiger partial charge in [0.15, 0.2) is 0 Å². The maximum Gasteiger partial charge on any atom is 0.271 e. The molecule has 2 aromatic rings. The third-order valence-electron chi connectivity index (χ3n) is 2.77. The van der Waals surface area contributed by atoms with Crippen LogP contribution in [0.1, 0.15) is 21.5 Å². The van der Waals surface area contributed by atoms with Crippen LogP contribution in [0.2, 0.25) is 0 Å². The first-order valence-electron chi connectivity index (χ1n) is 6.05. The third-order valence-corrected chi connectivity index (χ3v) is 3.23. The van der Waals surface area contributed by atoms with Crippen molar-refractivity contribution in [2.75, 3.05) is 0 Å². The average Bonchev–Trinajstić information content (AvgIpc) is 2.44. The van der Waals surface area contributed by atoms with Gasteiger partial charge in [0.05, 0.1) is 6.21 Å². The lowest BCUT2D eigenvalue weighted by molar-refractivity contribution is 0.0955. The molecule has 0 atom stereocenters. The number of hydrogen-bond donors (Lipinski definition) is 2. The van der Waals surface area contributed by atoms with Crippen LogP contribution in [0.15, 0.2) is 46.0 Å². The highest BCUT2D eigenvalue weighted by Crippen LogP contribution is 2.25. The minimum Gasteiger partial charge on any atom is -0.507 e. The molecule has 21 heavy (non-hydrogen) atoms. The van der Waals surface area contributed by atoms with Crippen molar-refractivity contribution < 1.29 is 14.3 Å². The molecule has 0 aliphatic heterocycles. The second-order valence-corrected chi connectivity index (χ2v) is 5.28. The maximum atomic E-state index is 12.7. The number of halogens is 2. The molecule has 0 unspecified atom stereocenters. The van der Waals surface area contributed by atoms with Crippen molar-refractivity contribution in [3.8, 4) is 5.75 Å². The Kier molecular flexibility index (Phi) is 4.70. The first kappa shape index (κ1) is 15.2. The van der Waals surface area contributed by atoms with Gasteiger partial charge in [0, 0.05) is 15.6 Å². The zero-order chi connectivity index (χ0) is 15.4. The Bertz CT molecular complexity index is 700. The normalized spacial score (nSPS) is 10.8. The number of aromatic hydroxyl groups is 1. The van der Waals surface area contributed by atoms with E-state index >= 15 is 0 Å². The number of nitrogens with zero attached hydrogens (tertiary/aromatic N) is 1. The SMILES string of the molecule is Cc1cc(Br)cc(C=NNC(=O)c2ccc(F)cc2)c1O. The zero-order valence-corrected chi connectivity index (χ0v) is 12.7. The van der Waals surface area contributed by atoms with Crippen LogP contribution in [0.5, 0.6) is 5.75 Å². The van der Waals surface area contributed by atoms with Crippen molar-refractivity contribution in [1.82, 2.24) is 5.43 Å². The summed E-state index contributed by atoms with van der Waals surface area (Å²) in [5.74, 6) is -0.778. The van der Waals surface area contributed by atoms with Gasteiger partial charge in [-0.1, -0.05) is 15.9 Å². The summed E-state index contributed by atoms with van der Waals surface area (Å²) in [6.45, 7) is 1.76. The van der Waals surface area contributed by atoms with Crippen LogP contribution >= 0.6 is 15.9 Å². The van der Waals surface area contributed by atoms with Crippen molar-refractivity contribution in [3.05, 3.63) is 63.4 Å². The summed E-state index contributed by atoms with van der Waals surface area (Å²) in [5, 5.41) is 13.7. The van der Waals surface area contributed by atoms with E-state index in [9.17, 15) is 14.3 Å². The monoisotopic (exact) mass is 350 g/mol. The standard InChI is InChI=1S/C15H12BrFN2O2/c1-9-6-12(16)7-11(14(9)20)8-18-19-15(21)10-2-4-13(17)5-3-10/h2-8,20H,1H3,(H,19,21). The van der Waals surface area contributed by atoms with Crippen LogP contribution in [-0.4, -0.2) is 17.2 Å². The molecular formula is C15H12BrFN2O2. The molecule has 2 N–H and O–H groups in total. The number of phenols is 1. The molecule has 0 aliphatic rings. The molecule has 0 fully saturated rings. The lowest BCUT2D eigenvalue weighted by Crippen LogP contribution is -2.17. The molecule has 6 heteroatoms. The molecule has 0 heterocycles. The third kappa shape index (κ3) is 3.88. The Hall–Kier alpha value is -2.21. The lowest BCUT2D eigenvalue weighted by atomic mass is 10.1. The van der Waals surface area contributed by atoms with E-state index in [1.54, 1.807) is 19.1 Å². The molecule has 2 aromatic carbocycles. The van der Waals surface area contributed by atoms with E-state index in [4.69, 9.17) is 0 Å². The molecule has 0 aromatic heterocycles. The van der Waals surface area contributed by atoms with E-state index in [1.165, 1.54) is 30.5 Å². The van der Waals surface area contributed by atoms with Crippen LogP contribution < -0.4 is 5.43 Å². The first-order valence-corrected chi connectivity index (χ1v) is 6.85. The summed E-state index contributed by atoms with van der Waals surface area (Å²) >= 11 is 3.32. The van der Waals surface area contributed by atoms with Crippen molar-refractivity contribution >= 4 is 28.1 Å². The van der Waals surface area contributed by atoms with Gasteiger partial charge in [0.25, 0.3) is 5.91 Å². The van der Waals surface area contributed by atoms with Crippen molar-refractivity contribution in [3.63, 3.8) is 0 Å². The van der Waals surface area contributed by atoms with Gasteiger partial charge < -0.3 is 5.11 Å². The summed E-state index contributed by atoms with van der Waals surface area (Å²) in [5.41, 5.74) is 3.77. The summed E-state index contributed by atoms with van der Waals surface area (Å²) in [6, 6.07) is 8.56. The molecule has 2 rings (SSSR count). The Morgan fingerprint density at radius 3 is 2.67 bits per heavy atom. The molecule has 108 valence electrons. The summed E-state index contributed by atoms with van der Waals surface area (Å²) in [6.07, 6.45) is 1.34. The largest absolute Gasteiger partial charge is 0.507 e. The van der Waals surface area contributed by atoms with Gasteiger partial charge >= 0.3 is 0 Å². The minimum atomic E-state index is -0.461. The minimum absolute atomic E-state index is 0.0954. The number of rotatable bonds is 3. The number of aryl methyl sites for hydroxylation is 1. The van der Waals surface area contributed by atoms with E-state index in [1.807, 2.05) is 0 Å². The van der Waals surface area contributed by atoms with Gasteiger partial charge in [0.1, 0.15) is 11.6 Å². The highest BCUT2D eigenvalue weighted by atomic mass is 79.9. The summed E-state index contributed by atoms with van der Waals surface area (Å²) in [4.78, 5) is 11.7. The van der Waals surface area contributed by atoms with Crippen LogP contribution in [0, 0.1) is 12.7 Å². The first-order chi connectivity index (χ1) is 9.97. The van der Waals surface area contributed by atoms with Gasteiger partial charge in [-0.15, -0.1) is 0 Å². The number of carbonyl (C=O) groups excluding carboxylic acids is 1. The maximum absolute atomic E-state index is 12.7. The molecule has 0 radical (unpaired) electrons. The van der Waals surface area contributed by atoms with E-state index < -0.39 is 11.7 Å². The number of amides is 1. The average molecular weight is 351 g/mol. The fraction of sp³-hybridized carbons (Fsp3) is 0.0667. The van der Waals surface area contributed by atoms with Crippen LogP contribution in [0.4, 0.5) is 4.39 Å². The Labute approximate surface area is 129 Å². The van der Waals surface area contributed by atoms with Gasteiger partial charge in [0.2, 0.25) is 0 Å². The second-order valence-electron chi connectivity index (χ2n) is 4.37. The molecular weight excluding hydrogens is 339 g/mol. The quantitative estimate of drug-likeness (QED) is 0.658. The summed E-state index contributed by atoms with van der Waals surface area (Å²) < 4.78 is 13.5. The van der Waals surface area contributed by atoms with Crippen LogP contribution in [0.25, 0.3) is 0 Å². The second kappa shape index (κ2) is 6.49. The predicted molar refractivity (Wildman–Crippen MR) is 82.0 cm³/mol. The van der Waals surface area contributed by atoms with Crippen LogP contribution in [0.3, 0.4) is 0 Å². The Balaban J connectivity index is 2.09. The highest BCUT2D eigenvalue weighted by molar-refractivity contribution is 9.10. The van der Waals surface area contributed by atoms with Crippen molar-refractivity contribution in [1.29, 1.82) is 0 Å². The van der Waals surface area contributed by atoms with E-state index in [-0.39, 0.29) is 5.75 Å². The molecule has 0 spiro atoms. The summed E-state index contributed by atoms with van der Waals surface area (Å²) in [7, 11) is 0. The van der Waals surface area contributed by atoms with Crippen molar-refractivity contribution in [2.24, 2.45) is 5.10 Å². The highest BCUT2D eigenvalue weighted by Gasteiger charge is 2.06. The lowest BCUT2D eigenvalue weighted by Gasteiger charge is -2.04. The predicted octanol–water partition coefficient (Wildman–Crippen LogP) is 3.37. The topological polar surface area (TPSA) is 61.7 Å². The van der Waals surface area contributed by atoms with Gasteiger partial charge in [-0.25, -0.2) is 9.82 Å². The van der Waals surface area contributed by atoms with Gasteiger partial charge in [-0.2, -0.15) is 5.10 Å². The number of nitrogens with one attached hydrogen (secondary N) is 1. The number of benzene rings is 2.